The molecular weight excluding hydrogens is 524 g/mol. The van der Waals surface area contributed by atoms with Crippen molar-refractivity contribution in [3.05, 3.63) is 107 Å². The number of rotatable bonds is 8. The summed E-state index contributed by atoms with van der Waals surface area (Å²) in [5.41, 5.74) is 2.05. The average Bonchev–Trinajstić information content (AvgIpc) is 3.53. The molecule has 0 spiro atoms. The van der Waals surface area contributed by atoms with E-state index < -0.39 is 12.0 Å². The zero-order chi connectivity index (χ0) is 26.6. The zero-order valence-electron chi connectivity index (χ0n) is 20.0. The van der Waals surface area contributed by atoms with Crippen LogP contribution in [0, 0.1) is 0 Å². The van der Waals surface area contributed by atoms with Gasteiger partial charge in [-0.15, -0.1) is 0 Å². The van der Waals surface area contributed by atoms with E-state index in [1.807, 2.05) is 59.5 Å². The second kappa shape index (κ2) is 11.0. The summed E-state index contributed by atoms with van der Waals surface area (Å²) in [6.45, 7) is 0.337. The Labute approximate surface area is 229 Å². The van der Waals surface area contributed by atoms with Gasteiger partial charge < -0.3 is 25.1 Å². The second-order valence-corrected chi connectivity index (χ2v) is 9.48. The molecule has 8 nitrogen and oxygen atoms in total. The molecule has 0 saturated carbocycles. The van der Waals surface area contributed by atoms with E-state index in [1.165, 1.54) is 18.2 Å². The van der Waals surface area contributed by atoms with Crippen LogP contribution in [0.3, 0.4) is 0 Å². The lowest BCUT2D eigenvalue weighted by Crippen LogP contribution is -2.32. The van der Waals surface area contributed by atoms with Gasteiger partial charge in [-0.3, -0.25) is 9.78 Å². The van der Waals surface area contributed by atoms with Crippen molar-refractivity contribution in [3.8, 4) is 11.3 Å². The van der Waals surface area contributed by atoms with E-state index in [0.717, 1.165) is 11.4 Å². The Morgan fingerprint density at radius 2 is 1.87 bits per heavy atom. The summed E-state index contributed by atoms with van der Waals surface area (Å²) in [5, 5.41) is 16.5. The Balaban J connectivity index is 1.44. The Morgan fingerprint density at radius 1 is 1.08 bits per heavy atom. The van der Waals surface area contributed by atoms with Crippen LogP contribution in [0.25, 0.3) is 11.3 Å². The molecule has 4 aromatic rings. The minimum absolute atomic E-state index is 0.100. The molecule has 3 N–H and O–H groups in total. The summed E-state index contributed by atoms with van der Waals surface area (Å²) in [6.07, 6.45) is 1.90. The van der Waals surface area contributed by atoms with Crippen molar-refractivity contribution in [1.29, 1.82) is 0 Å². The number of nitrogens with zero attached hydrogens (tertiary/aromatic N) is 2. The van der Waals surface area contributed by atoms with Gasteiger partial charge in [0, 0.05) is 30.4 Å². The molecule has 0 unspecified atom stereocenters. The molecule has 0 bridgehead atoms. The molecule has 38 heavy (non-hydrogen) atoms. The van der Waals surface area contributed by atoms with Gasteiger partial charge in [0.25, 0.3) is 0 Å². The van der Waals surface area contributed by atoms with Gasteiger partial charge in [0.05, 0.1) is 22.3 Å². The highest BCUT2D eigenvalue weighted by atomic mass is 35.5. The van der Waals surface area contributed by atoms with Crippen LogP contribution in [0.5, 0.6) is 0 Å². The molecule has 3 heterocycles. The third-order valence-electron chi connectivity index (χ3n) is 6.23. The van der Waals surface area contributed by atoms with E-state index in [-0.39, 0.29) is 23.9 Å². The number of benzene rings is 2. The fourth-order valence-electron chi connectivity index (χ4n) is 4.43. The van der Waals surface area contributed by atoms with Crippen molar-refractivity contribution in [2.24, 2.45) is 0 Å². The molecule has 2 aromatic carbocycles. The summed E-state index contributed by atoms with van der Waals surface area (Å²) in [4.78, 5) is 30.6. The number of carboxylic acids is 1. The van der Waals surface area contributed by atoms with Crippen LogP contribution >= 0.6 is 23.8 Å². The van der Waals surface area contributed by atoms with Gasteiger partial charge in [-0.05, 0) is 66.8 Å². The molecular formula is C28H23ClN4O4S. The number of anilines is 1. The molecule has 1 aliphatic rings. The number of pyridine rings is 1. The summed E-state index contributed by atoms with van der Waals surface area (Å²) >= 11 is 12.1. The first-order chi connectivity index (χ1) is 18.4. The maximum absolute atomic E-state index is 12.7. The van der Waals surface area contributed by atoms with Crippen LogP contribution in [-0.2, 0) is 4.79 Å². The molecule has 0 aliphatic carbocycles. The number of hydrogen-bond donors (Lipinski definition) is 3. The van der Waals surface area contributed by atoms with Gasteiger partial charge in [-0.25, -0.2) is 4.79 Å². The monoisotopic (exact) mass is 546 g/mol. The molecule has 192 valence electrons. The average molecular weight is 547 g/mol. The molecule has 2 aromatic heterocycles. The largest absolute Gasteiger partial charge is 0.478 e. The molecule has 1 saturated heterocycles. The van der Waals surface area contributed by atoms with Gasteiger partial charge in [0.2, 0.25) is 5.91 Å². The summed E-state index contributed by atoms with van der Waals surface area (Å²) < 4.78 is 6.25. The number of hydrogen-bond acceptors (Lipinski definition) is 5. The van der Waals surface area contributed by atoms with E-state index in [1.54, 1.807) is 12.3 Å². The number of aromatic nitrogens is 1. The molecule has 0 radical (unpaired) electrons. The summed E-state index contributed by atoms with van der Waals surface area (Å²) in [7, 11) is 0. The normalized spacial score (nSPS) is 16.8. The second-order valence-electron chi connectivity index (χ2n) is 8.69. The third kappa shape index (κ3) is 5.39. The fraction of sp³-hybridized carbons (Fsp3) is 0.143. The molecule has 2 atom stereocenters. The predicted molar refractivity (Wildman–Crippen MR) is 148 cm³/mol. The Morgan fingerprint density at radius 3 is 2.61 bits per heavy atom. The number of amides is 1. The highest BCUT2D eigenvalue weighted by Gasteiger charge is 2.41. The summed E-state index contributed by atoms with van der Waals surface area (Å²) in [5.74, 6) is -0.206. The number of furan rings is 1. The van der Waals surface area contributed by atoms with E-state index in [9.17, 15) is 14.7 Å². The predicted octanol–water partition coefficient (Wildman–Crippen LogP) is 5.69. The van der Waals surface area contributed by atoms with Gasteiger partial charge in [0.1, 0.15) is 17.6 Å². The number of para-hydroxylation sites is 1. The molecule has 1 fully saturated rings. The first-order valence-corrected chi connectivity index (χ1v) is 12.7. The van der Waals surface area contributed by atoms with E-state index >= 15 is 0 Å². The van der Waals surface area contributed by atoms with E-state index in [4.69, 9.17) is 28.2 Å². The Hall–Kier alpha value is -4.21. The van der Waals surface area contributed by atoms with Crippen molar-refractivity contribution < 1.29 is 19.1 Å². The van der Waals surface area contributed by atoms with Crippen LogP contribution < -0.4 is 10.6 Å². The Bertz CT molecular complexity index is 1480. The lowest BCUT2D eigenvalue weighted by Gasteiger charge is -2.25. The molecule has 1 aliphatic heterocycles. The van der Waals surface area contributed by atoms with E-state index in [0.29, 0.717) is 33.8 Å². The zero-order valence-corrected chi connectivity index (χ0v) is 21.6. The number of carbonyl (C=O) groups is 2. The van der Waals surface area contributed by atoms with Gasteiger partial charge in [0.15, 0.2) is 5.11 Å². The minimum Gasteiger partial charge on any atom is -0.478 e. The molecule has 1 amide bonds. The number of halogens is 1. The van der Waals surface area contributed by atoms with Gasteiger partial charge >= 0.3 is 5.97 Å². The number of aromatic carboxylic acids is 1. The minimum atomic E-state index is -1.06. The van der Waals surface area contributed by atoms with Crippen molar-refractivity contribution in [1.82, 2.24) is 15.2 Å². The lowest BCUT2D eigenvalue weighted by atomic mass is 10.0. The van der Waals surface area contributed by atoms with Crippen molar-refractivity contribution in [2.75, 3.05) is 11.9 Å². The first kappa shape index (κ1) is 25.4. The first-order valence-electron chi connectivity index (χ1n) is 11.9. The quantitative estimate of drug-likeness (QED) is 0.242. The van der Waals surface area contributed by atoms with Crippen LogP contribution in [0.1, 0.15) is 40.3 Å². The van der Waals surface area contributed by atoms with Crippen molar-refractivity contribution in [2.45, 2.75) is 18.5 Å². The number of carboxylic acid groups (broad SMARTS) is 1. The standard InChI is InChI=1S/C28H23ClN4O4S/c29-20-10-9-17(27(35)36)16-19(20)22-11-12-23(37-22)26-25(21-8-4-5-14-30-21)32-28(38)33(26)15-13-24(34)31-18-6-2-1-3-7-18/h1-12,14,16,25-26H,13,15H2,(H,31,34)(H,32,38)(H,35,36)/t25-,26-/m0/s1. The van der Waals surface area contributed by atoms with Crippen LogP contribution in [0.4, 0.5) is 5.69 Å². The highest BCUT2D eigenvalue weighted by Crippen LogP contribution is 2.41. The third-order valence-corrected chi connectivity index (χ3v) is 6.91. The molecule has 5 rings (SSSR count). The van der Waals surface area contributed by atoms with Gasteiger partial charge in [-0.2, -0.15) is 0 Å². The van der Waals surface area contributed by atoms with Crippen LogP contribution in [-0.4, -0.2) is 38.5 Å². The lowest BCUT2D eigenvalue weighted by molar-refractivity contribution is -0.116. The fourth-order valence-corrected chi connectivity index (χ4v) is 4.97. The topological polar surface area (TPSA) is 108 Å². The highest BCUT2D eigenvalue weighted by molar-refractivity contribution is 7.80. The SMILES string of the molecule is O=C(CCN1C(=S)N[C@@H](c2ccccn2)[C@@H]1c1ccc(-c2cc(C(=O)O)ccc2Cl)o1)Nc1ccccc1. The number of thiocarbonyl (C=S) groups is 1. The van der Waals surface area contributed by atoms with Crippen molar-refractivity contribution >= 4 is 46.5 Å². The number of carbonyl (C=O) groups excluding carboxylic acids is 1. The van der Waals surface area contributed by atoms with Crippen LogP contribution in [0.15, 0.2) is 89.5 Å². The maximum Gasteiger partial charge on any atom is 0.335 e. The Kier molecular flexibility index (Phi) is 7.39. The van der Waals surface area contributed by atoms with E-state index in [2.05, 4.69) is 15.6 Å². The number of nitrogens with one attached hydrogen (secondary N) is 2. The van der Waals surface area contributed by atoms with Gasteiger partial charge in [-0.1, -0.05) is 35.9 Å². The smallest absolute Gasteiger partial charge is 0.335 e. The summed E-state index contributed by atoms with van der Waals surface area (Å²) in [6, 6.07) is 22.2. The maximum atomic E-state index is 12.7. The van der Waals surface area contributed by atoms with Crippen molar-refractivity contribution in [3.63, 3.8) is 0 Å². The van der Waals surface area contributed by atoms with Crippen LogP contribution in [0.2, 0.25) is 5.02 Å². The molecule has 10 heteroatoms.